The van der Waals surface area contributed by atoms with Gasteiger partial charge in [-0.05, 0) is 32.0 Å². The van der Waals surface area contributed by atoms with Crippen LogP contribution in [-0.4, -0.2) is 19.5 Å². The molecule has 0 spiro atoms. The number of hydrogen-bond donors (Lipinski definition) is 0. The highest BCUT2D eigenvalue weighted by Crippen LogP contribution is 2.18. The maximum absolute atomic E-state index is 12.8. The summed E-state index contributed by atoms with van der Waals surface area (Å²) >= 11 is 0. The van der Waals surface area contributed by atoms with Crippen LogP contribution >= 0.6 is 0 Å². The first-order valence-electron chi connectivity index (χ1n) is 7.90. The van der Waals surface area contributed by atoms with Crippen molar-refractivity contribution >= 4 is 16.8 Å². The molecule has 0 amide bonds. The van der Waals surface area contributed by atoms with Gasteiger partial charge in [-0.15, -0.1) is 6.58 Å². The number of ketones is 1. The number of rotatable bonds is 5. The first kappa shape index (κ1) is 16.1. The number of aryl methyl sites for hydroxylation is 2. The Morgan fingerprint density at radius 3 is 2.50 bits per heavy atom. The van der Waals surface area contributed by atoms with Gasteiger partial charge in [0.25, 0.3) is 0 Å². The van der Waals surface area contributed by atoms with Gasteiger partial charge in [-0.25, -0.2) is 4.79 Å². The molecule has 0 fully saturated rings. The molecule has 0 unspecified atom stereocenters. The highest BCUT2D eigenvalue weighted by atomic mass is 16.2. The lowest BCUT2D eigenvalue weighted by molar-refractivity contribution is 0.0971. The molecule has 0 N–H and O–H groups in total. The average Bonchev–Trinajstić information content (AvgIpc) is 2.99. The van der Waals surface area contributed by atoms with E-state index in [1.54, 1.807) is 11.6 Å². The normalized spacial score (nSPS) is 11.1. The maximum atomic E-state index is 12.8. The van der Waals surface area contributed by atoms with Crippen LogP contribution in [0.5, 0.6) is 0 Å². The fraction of sp³-hybridized carbons (Fsp3) is 0.263. The minimum absolute atomic E-state index is 0.0402. The smallest absolute Gasteiger partial charge is 0.329 e. The molecule has 5 heteroatoms. The number of para-hydroxylation sites is 2. The van der Waals surface area contributed by atoms with E-state index < -0.39 is 0 Å². The van der Waals surface area contributed by atoms with Crippen molar-refractivity contribution in [3.05, 3.63) is 70.4 Å². The molecule has 24 heavy (non-hydrogen) atoms. The van der Waals surface area contributed by atoms with Gasteiger partial charge in [0.15, 0.2) is 5.78 Å². The zero-order chi connectivity index (χ0) is 17.4. The van der Waals surface area contributed by atoms with Crippen LogP contribution in [0.1, 0.15) is 21.7 Å². The Hall–Kier alpha value is -2.82. The molecule has 0 aliphatic rings. The van der Waals surface area contributed by atoms with Crippen LogP contribution in [0, 0.1) is 13.8 Å². The fourth-order valence-corrected chi connectivity index (χ4v) is 3.24. The summed E-state index contributed by atoms with van der Waals surface area (Å²) in [5, 5.41) is 0. The number of Topliss-reactive ketones (excluding diaryl/α,β-unsaturated/α-hetero) is 1. The molecule has 0 atom stereocenters. The van der Waals surface area contributed by atoms with Crippen molar-refractivity contribution in [1.82, 2.24) is 13.7 Å². The summed E-state index contributed by atoms with van der Waals surface area (Å²) in [5.41, 5.74) is 4.01. The molecule has 3 aromatic rings. The molecule has 5 nitrogen and oxygen atoms in total. The number of aromatic nitrogens is 3. The van der Waals surface area contributed by atoms with Crippen molar-refractivity contribution in [2.45, 2.75) is 26.9 Å². The van der Waals surface area contributed by atoms with E-state index in [2.05, 4.69) is 6.58 Å². The standard InChI is InChI=1S/C19H21N3O2/c1-5-10-21-13(2)11-15(14(21)3)18(23)12-22-17-9-7-6-8-16(17)20(4)19(22)24/h5-9,11H,1,10,12H2,2-4H3. The molecule has 0 aliphatic heterocycles. The van der Waals surface area contributed by atoms with Gasteiger partial charge < -0.3 is 4.57 Å². The summed E-state index contributed by atoms with van der Waals surface area (Å²) in [4.78, 5) is 25.3. The number of allylic oxidation sites excluding steroid dienone is 1. The van der Waals surface area contributed by atoms with E-state index in [0.29, 0.717) is 12.1 Å². The quantitative estimate of drug-likeness (QED) is 0.535. The predicted molar refractivity (Wildman–Crippen MR) is 95.6 cm³/mol. The third-order valence-corrected chi connectivity index (χ3v) is 4.54. The van der Waals surface area contributed by atoms with E-state index in [1.807, 2.05) is 54.8 Å². The Morgan fingerprint density at radius 2 is 1.83 bits per heavy atom. The Balaban J connectivity index is 2.03. The van der Waals surface area contributed by atoms with Gasteiger partial charge in [0, 0.05) is 30.5 Å². The lowest BCUT2D eigenvalue weighted by atomic mass is 10.1. The SMILES string of the molecule is C=CCn1c(C)cc(C(=O)Cn2c(=O)n(C)c3ccccc32)c1C. The van der Waals surface area contributed by atoms with Gasteiger partial charge in [-0.3, -0.25) is 13.9 Å². The molecule has 0 radical (unpaired) electrons. The second-order valence-corrected chi connectivity index (χ2v) is 6.02. The maximum Gasteiger partial charge on any atom is 0.329 e. The topological polar surface area (TPSA) is 48.9 Å². The first-order valence-corrected chi connectivity index (χ1v) is 7.90. The van der Waals surface area contributed by atoms with Crippen LogP contribution in [0.2, 0.25) is 0 Å². The third-order valence-electron chi connectivity index (χ3n) is 4.54. The van der Waals surface area contributed by atoms with Crippen LogP contribution in [0.4, 0.5) is 0 Å². The fourth-order valence-electron chi connectivity index (χ4n) is 3.24. The van der Waals surface area contributed by atoms with Gasteiger partial charge in [0.1, 0.15) is 0 Å². The van der Waals surface area contributed by atoms with Gasteiger partial charge in [-0.1, -0.05) is 18.2 Å². The van der Waals surface area contributed by atoms with Crippen LogP contribution in [0.3, 0.4) is 0 Å². The summed E-state index contributed by atoms with van der Waals surface area (Å²) < 4.78 is 5.16. The lowest BCUT2D eigenvalue weighted by Crippen LogP contribution is -2.25. The third kappa shape index (κ3) is 2.42. The zero-order valence-corrected chi connectivity index (χ0v) is 14.2. The number of benzene rings is 1. The molecular weight excluding hydrogens is 302 g/mol. The Bertz CT molecular complexity index is 1000. The van der Waals surface area contributed by atoms with Crippen LogP contribution in [-0.2, 0) is 20.1 Å². The number of nitrogens with zero attached hydrogens (tertiary/aromatic N) is 3. The number of carbonyl (C=O) groups excluding carboxylic acids is 1. The van der Waals surface area contributed by atoms with Crippen molar-refractivity contribution in [2.24, 2.45) is 7.05 Å². The summed E-state index contributed by atoms with van der Waals surface area (Å²) in [6, 6.07) is 9.39. The van der Waals surface area contributed by atoms with Crippen molar-refractivity contribution < 1.29 is 4.79 Å². The van der Waals surface area contributed by atoms with E-state index in [-0.39, 0.29) is 18.0 Å². The summed E-state index contributed by atoms with van der Waals surface area (Å²) in [7, 11) is 1.72. The Morgan fingerprint density at radius 1 is 1.17 bits per heavy atom. The van der Waals surface area contributed by atoms with Crippen LogP contribution in [0.15, 0.2) is 47.8 Å². The molecule has 2 aromatic heterocycles. The minimum Gasteiger partial charge on any atom is -0.345 e. The predicted octanol–water partition coefficient (Wildman–Crippen LogP) is 2.83. The van der Waals surface area contributed by atoms with Crippen LogP contribution < -0.4 is 5.69 Å². The highest BCUT2D eigenvalue weighted by Gasteiger charge is 2.18. The Labute approximate surface area is 140 Å². The Kier molecular flexibility index (Phi) is 4.01. The molecule has 3 rings (SSSR count). The second-order valence-electron chi connectivity index (χ2n) is 6.02. The zero-order valence-electron chi connectivity index (χ0n) is 14.2. The average molecular weight is 323 g/mol. The molecule has 0 aliphatic carbocycles. The van der Waals surface area contributed by atoms with E-state index in [1.165, 1.54) is 4.57 Å². The highest BCUT2D eigenvalue weighted by molar-refractivity contribution is 5.98. The number of imidazole rings is 1. The first-order chi connectivity index (χ1) is 11.5. The molecule has 0 saturated heterocycles. The molecule has 0 bridgehead atoms. The van der Waals surface area contributed by atoms with Gasteiger partial charge >= 0.3 is 5.69 Å². The largest absolute Gasteiger partial charge is 0.345 e. The molecule has 124 valence electrons. The number of hydrogen-bond acceptors (Lipinski definition) is 2. The van der Waals surface area contributed by atoms with Gasteiger partial charge in [0.2, 0.25) is 0 Å². The van der Waals surface area contributed by atoms with E-state index in [4.69, 9.17) is 0 Å². The summed E-state index contributed by atoms with van der Waals surface area (Å²) in [6.45, 7) is 8.36. The van der Waals surface area contributed by atoms with E-state index in [9.17, 15) is 9.59 Å². The minimum atomic E-state index is -0.176. The molecule has 1 aromatic carbocycles. The number of fused-ring (bicyclic) bond motifs is 1. The summed E-state index contributed by atoms with van der Waals surface area (Å²) in [5.74, 6) is -0.0585. The molecule has 0 saturated carbocycles. The lowest BCUT2D eigenvalue weighted by Gasteiger charge is -2.06. The monoisotopic (exact) mass is 323 g/mol. The van der Waals surface area contributed by atoms with Gasteiger partial charge in [-0.2, -0.15) is 0 Å². The van der Waals surface area contributed by atoms with Crippen LogP contribution in [0.25, 0.3) is 11.0 Å². The van der Waals surface area contributed by atoms with Crippen molar-refractivity contribution in [3.63, 3.8) is 0 Å². The van der Waals surface area contributed by atoms with Crippen molar-refractivity contribution in [3.8, 4) is 0 Å². The van der Waals surface area contributed by atoms with Crippen molar-refractivity contribution in [2.75, 3.05) is 0 Å². The number of carbonyl (C=O) groups is 1. The van der Waals surface area contributed by atoms with Crippen molar-refractivity contribution in [1.29, 1.82) is 0 Å². The summed E-state index contributed by atoms with van der Waals surface area (Å²) in [6.07, 6.45) is 1.81. The second kappa shape index (κ2) is 6.00. The molecule has 2 heterocycles. The molecular formula is C19H21N3O2. The van der Waals surface area contributed by atoms with E-state index in [0.717, 1.165) is 22.4 Å². The van der Waals surface area contributed by atoms with Gasteiger partial charge in [0.05, 0.1) is 17.6 Å². The van der Waals surface area contributed by atoms with E-state index >= 15 is 0 Å².